The molecule has 1 atom stereocenters. The highest BCUT2D eigenvalue weighted by Crippen LogP contribution is 2.44. The number of hydrogen-bond donors (Lipinski definition) is 0. The van der Waals surface area contributed by atoms with Crippen molar-refractivity contribution in [3.63, 3.8) is 0 Å². The highest BCUT2D eigenvalue weighted by atomic mass is 31.2. The fraction of sp³-hybridized carbons (Fsp3) is 0.500. The van der Waals surface area contributed by atoms with E-state index in [0.29, 0.717) is 0 Å². The summed E-state index contributed by atoms with van der Waals surface area (Å²) in [6.45, 7) is 6.17. The summed E-state index contributed by atoms with van der Waals surface area (Å²) in [5.74, 6) is 0. The summed E-state index contributed by atoms with van der Waals surface area (Å²) >= 11 is 0. The quantitative estimate of drug-likeness (QED) is 0.696. The van der Waals surface area contributed by atoms with E-state index in [2.05, 4.69) is 26.0 Å². The maximum atomic E-state index is 12.5. The minimum Gasteiger partial charge on any atom is -0.319 e. The Bertz CT molecular complexity index is 344. The molecule has 0 spiro atoms. The Morgan fingerprint density at radius 2 is 2.00 bits per heavy atom. The van der Waals surface area contributed by atoms with Gasteiger partial charge in [0.2, 0.25) is 0 Å². The maximum Gasteiger partial charge on any atom is 0.115 e. The van der Waals surface area contributed by atoms with Crippen LogP contribution in [0.3, 0.4) is 0 Å². The number of hydrogen-bond acceptors (Lipinski definition) is 1. The van der Waals surface area contributed by atoms with Gasteiger partial charge in [-0.2, -0.15) is 0 Å². The molecule has 0 heterocycles. The third kappa shape index (κ3) is 2.48. The lowest BCUT2D eigenvalue weighted by Gasteiger charge is -2.16. The first kappa shape index (κ1) is 11.5. The van der Waals surface area contributed by atoms with E-state index in [1.54, 1.807) is 0 Å². The van der Waals surface area contributed by atoms with Gasteiger partial charge in [0.25, 0.3) is 0 Å². The highest BCUT2D eigenvalue weighted by Gasteiger charge is 2.20. The predicted molar refractivity (Wildman–Crippen MR) is 64.1 cm³/mol. The Morgan fingerprint density at radius 3 is 2.50 bits per heavy atom. The minimum absolute atomic E-state index is 0.782. The van der Waals surface area contributed by atoms with Crippen LogP contribution in [-0.2, 0) is 4.57 Å². The summed E-state index contributed by atoms with van der Waals surface area (Å²) in [7, 11) is -2.08. The Morgan fingerprint density at radius 1 is 1.29 bits per heavy atom. The van der Waals surface area contributed by atoms with Crippen molar-refractivity contribution in [1.29, 1.82) is 0 Å². The molecular weight excluding hydrogens is 191 g/mol. The van der Waals surface area contributed by atoms with E-state index in [1.807, 2.05) is 19.1 Å². The third-order valence-corrected chi connectivity index (χ3v) is 5.98. The van der Waals surface area contributed by atoms with Crippen LogP contribution >= 0.6 is 7.14 Å². The highest BCUT2D eigenvalue weighted by molar-refractivity contribution is 7.71. The molecule has 78 valence electrons. The van der Waals surface area contributed by atoms with E-state index in [-0.39, 0.29) is 0 Å². The zero-order valence-electron chi connectivity index (χ0n) is 9.29. The van der Waals surface area contributed by atoms with Gasteiger partial charge in [-0.25, -0.2) is 0 Å². The van der Waals surface area contributed by atoms with E-state index in [0.717, 1.165) is 24.0 Å². The van der Waals surface area contributed by atoms with Crippen LogP contribution in [0.5, 0.6) is 0 Å². The molecule has 0 bridgehead atoms. The molecule has 14 heavy (non-hydrogen) atoms. The lowest BCUT2D eigenvalue weighted by molar-refractivity contribution is 0.581. The predicted octanol–water partition coefficient (Wildman–Crippen LogP) is 3.41. The first-order valence-corrected chi connectivity index (χ1v) is 7.35. The zero-order valence-corrected chi connectivity index (χ0v) is 10.2. The summed E-state index contributed by atoms with van der Waals surface area (Å²) in [4.78, 5) is 0. The second-order valence-electron chi connectivity index (χ2n) is 3.77. The molecule has 1 rings (SSSR count). The normalized spacial score (nSPS) is 15.1. The Labute approximate surface area is 86.9 Å². The molecule has 1 aromatic rings. The second-order valence-corrected chi connectivity index (χ2v) is 7.14. The van der Waals surface area contributed by atoms with Gasteiger partial charge in [-0.05, 0) is 19.4 Å². The van der Waals surface area contributed by atoms with E-state index in [9.17, 15) is 4.57 Å². The van der Waals surface area contributed by atoms with Crippen molar-refractivity contribution >= 4 is 12.4 Å². The largest absolute Gasteiger partial charge is 0.319 e. The molecule has 0 saturated heterocycles. The molecule has 0 aliphatic heterocycles. The average molecular weight is 210 g/mol. The van der Waals surface area contributed by atoms with Crippen molar-refractivity contribution in [2.24, 2.45) is 0 Å². The van der Waals surface area contributed by atoms with Crippen LogP contribution in [0.4, 0.5) is 0 Å². The molecule has 0 radical (unpaired) electrons. The van der Waals surface area contributed by atoms with Gasteiger partial charge in [0.05, 0.1) is 0 Å². The molecular formula is C12H19OP. The Hall–Kier alpha value is -0.550. The van der Waals surface area contributed by atoms with Gasteiger partial charge in [0, 0.05) is 17.6 Å². The Kier molecular flexibility index (Phi) is 3.95. The molecule has 1 nitrogen and oxygen atoms in total. The third-order valence-electron chi connectivity index (χ3n) is 2.57. The Balaban J connectivity index is 3.06. The topological polar surface area (TPSA) is 17.1 Å². The van der Waals surface area contributed by atoms with Crippen LogP contribution in [0.2, 0.25) is 0 Å². The standard InChI is InChI=1S/C12H19OP/c1-4-9-14(13,5-2)12-8-6-7-11(3)10-12/h6-8,10H,4-5,9H2,1-3H3. The van der Waals surface area contributed by atoms with Crippen molar-refractivity contribution in [3.05, 3.63) is 29.8 Å². The van der Waals surface area contributed by atoms with E-state index < -0.39 is 7.14 Å². The first-order valence-electron chi connectivity index (χ1n) is 5.27. The average Bonchev–Trinajstić information content (AvgIpc) is 2.18. The SMILES string of the molecule is CCCP(=O)(CC)c1cccc(C)c1. The van der Waals surface area contributed by atoms with Gasteiger partial charge in [-0.3, -0.25) is 0 Å². The minimum atomic E-state index is -2.08. The molecule has 0 fully saturated rings. The van der Waals surface area contributed by atoms with Gasteiger partial charge in [-0.1, -0.05) is 37.6 Å². The van der Waals surface area contributed by atoms with Crippen LogP contribution in [0, 0.1) is 6.92 Å². The van der Waals surface area contributed by atoms with Gasteiger partial charge >= 0.3 is 0 Å². The van der Waals surface area contributed by atoms with Crippen molar-refractivity contribution in [2.75, 3.05) is 12.3 Å². The van der Waals surface area contributed by atoms with Crippen LogP contribution < -0.4 is 5.30 Å². The van der Waals surface area contributed by atoms with Gasteiger partial charge < -0.3 is 4.57 Å². The zero-order chi connectivity index (χ0) is 10.6. The molecule has 0 aromatic heterocycles. The van der Waals surface area contributed by atoms with E-state index >= 15 is 0 Å². The summed E-state index contributed by atoms with van der Waals surface area (Å²) in [5.41, 5.74) is 1.20. The van der Waals surface area contributed by atoms with Crippen LogP contribution in [0.25, 0.3) is 0 Å². The van der Waals surface area contributed by atoms with Gasteiger partial charge in [0.15, 0.2) is 0 Å². The molecule has 0 aliphatic rings. The number of benzene rings is 1. The lowest BCUT2D eigenvalue weighted by atomic mass is 10.2. The summed E-state index contributed by atoms with van der Waals surface area (Å²) in [5, 5.41) is 1.06. The molecule has 1 unspecified atom stereocenters. The molecule has 0 amide bonds. The lowest BCUT2D eigenvalue weighted by Crippen LogP contribution is -2.09. The monoisotopic (exact) mass is 210 g/mol. The number of rotatable bonds is 4. The van der Waals surface area contributed by atoms with Gasteiger partial charge in [-0.15, -0.1) is 0 Å². The van der Waals surface area contributed by atoms with Gasteiger partial charge in [0.1, 0.15) is 7.14 Å². The molecule has 0 aliphatic carbocycles. The number of aryl methyl sites for hydroxylation is 1. The van der Waals surface area contributed by atoms with Crippen molar-refractivity contribution in [2.45, 2.75) is 27.2 Å². The fourth-order valence-electron chi connectivity index (χ4n) is 1.71. The maximum absolute atomic E-state index is 12.5. The first-order chi connectivity index (χ1) is 6.62. The smallest absolute Gasteiger partial charge is 0.115 e. The van der Waals surface area contributed by atoms with E-state index in [4.69, 9.17) is 0 Å². The van der Waals surface area contributed by atoms with Crippen LogP contribution in [0.15, 0.2) is 24.3 Å². The molecule has 0 N–H and O–H groups in total. The summed E-state index contributed by atoms with van der Waals surface area (Å²) < 4.78 is 12.5. The summed E-state index contributed by atoms with van der Waals surface area (Å²) in [6, 6.07) is 8.13. The van der Waals surface area contributed by atoms with Crippen molar-refractivity contribution < 1.29 is 4.57 Å². The van der Waals surface area contributed by atoms with Crippen LogP contribution in [0.1, 0.15) is 25.8 Å². The molecule has 2 heteroatoms. The second kappa shape index (κ2) is 4.79. The molecule has 1 aromatic carbocycles. The van der Waals surface area contributed by atoms with E-state index in [1.165, 1.54) is 5.56 Å². The van der Waals surface area contributed by atoms with Crippen molar-refractivity contribution in [1.82, 2.24) is 0 Å². The molecule has 0 saturated carbocycles. The summed E-state index contributed by atoms with van der Waals surface area (Å²) in [6.07, 6.45) is 2.62. The van der Waals surface area contributed by atoms with Crippen LogP contribution in [-0.4, -0.2) is 12.3 Å². The fourth-order valence-corrected chi connectivity index (χ4v) is 4.17. The van der Waals surface area contributed by atoms with Crippen molar-refractivity contribution in [3.8, 4) is 0 Å².